The van der Waals surface area contributed by atoms with Crippen molar-refractivity contribution in [3.8, 4) is 5.75 Å². The lowest BCUT2D eigenvalue weighted by Crippen LogP contribution is -2.15. The molecule has 2 nitrogen and oxygen atoms in total. The Hall–Kier alpha value is -3.13. The third-order valence-electron chi connectivity index (χ3n) is 5.83. The topological polar surface area (TPSA) is 26.3 Å². The molecule has 0 aliphatic rings. The van der Waals surface area contributed by atoms with Gasteiger partial charge in [0.25, 0.3) is 0 Å². The zero-order chi connectivity index (χ0) is 22.4. The van der Waals surface area contributed by atoms with Gasteiger partial charge in [-0.05, 0) is 50.9 Å². The third-order valence-corrected chi connectivity index (χ3v) is 5.83. The molecule has 0 heterocycles. The Bertz CT molecular complexity index is 1270. The van der Waals surface area contributed by atoms with E-state index in [1.165, 1.54) is 11.1 Å². The molecule has 4 aromatic rings. The quantitative estimate of drug-likeness (QED) is 0.191. The van der Waals surface area contributed by atoms with Gasteiger partial charge in [0.15, 0.2) is 0 Å². The Labute approximate surface area is 184 Å². The summed E-state index contributed by atoms with van der Waals surface area (Å²) in [6, 6.07) is 24.3. The van der Waals surface area contributed by atoms with Crippen molar-refractivity contribution in [1.82, 2.24) is 0 Å². The highest BCUT2D eigenvalue weighted by atomic mass is 16.5. The van der Waals surface area contributed by atoms with Gasteiger partial charge in [0.1, 0.15) is 5.75 Å². The second-order valence-electron chi connectivity index (χ2n) is 10.3. The first-order valence-electron chi connectivity index (χ1n) is 10.8. The monoisotopic (exact) mass is 410 g/mol. The molecule has 0 aliphatic heterocycles. The lowest BCUT2D eigenvalue weighted by atomic mass is 9.82. The number of ether oxygens (including phenoxy) is 1. The van der Waals surface area contributed by atoms with Crippen molar-refractivity contribution >= 4 is 27.5 Å². The molecule has 0 saturated carbocycles. The lowest BCUT2D eigenvalue weighted by molar-refractivity contribution is 0.0739. The maximum Gasteiger partial charge on any atom is 0.343 e. The summed E-state index contributed by atoms with van der Waals surface area (Å²) in [7, 11) is 0. The molecule has 4 aromatic carbocycles. The molecule has 0 fully saturated rings. The highest BCUT2D eigenvalue weighted by molar-refractivity contribution is 6.09. The van der Waals surface area contributed by atoms with E-state index in [1.54, 1.807) is 0 Å². The number of carbonyl (C=O) groups excluding carboxylic acids is 1. The van der Waals surface area contributed by atoms with Crippen molar-refractivity contribution in [2.45, 2.75) is 52.4 Å². The summed E-state index contributed by atoms with van der Waals surface area (Å²) in [4.78, 5) is 13.2. The van der Waals surface area contributed by atoms with E-state index < -0.39 is 0 Å². The summed E-state index contributed by atoms with van der Waals surface area (Å²) in [5, 5.41) is 4.10. The van der Waals surface area contributed by atoms with Crippen LogP contribution in [-0.4, -0.2) is 5.97 Å². The van der Waals surface area contributed by atoms with E-state index in [2.05, 4.69) is 71.9 Å². The number of esters is 1. The number of hydrogen-bond donors (Lipinski definition) is 0. The molecule has 0 radical (unpaired) electrons. The molecule has 0 N–H and O–H groups in total. The van der Waals surface area contributed by atoms with E-state index in [0.717, 1.165) is 21.5 Å². The normalized spacial score (nSPS) is 12.3. The van der Waals surface area contributed by atoms with Crippen LogP contribution in [0.3, 0.4) is 0 Å². The predicted molar refractivity (Wildman–Crippen MR) is 130 cm³/mol. The second-order valence-corrected chi connectivity index (χ2v) is 10.3. The predicted octanol–water partition coefficient (Wildman–Crippen LogP) is 7.81. The van der Waals surface area contributed by atoms with Crippen LogP contribution in [0, 0.1) is 0 Å². The minimum absolute atomic E-state index is 0.0376. The van der Waals surface area contributed by atoms with Crippen molar-refractivity contribution in [2.24, 2.45) is 0 Å². The van der Waals surface area contributed by atoms with Gasteiger partial charge < -0.3 is 4.74 Å². The van der Waals surface area contributed by atoms with E-state index in [-0.39, 0.29) is 16.8 Å². The largest absolute Gasteiger partial charge is 0.422 e. The van der Waals surface area contributed by atoms with E-state index in [1.807, 2.05) is 42.5 Å². The van der Waals surface area contributed by atoms with Crippen molar-refractivity contribution in [1.29, 1.82) is 0 Å². The highest BCUT2D eigenvalue weighted by Gasteiger charge is 2.23. The third kappa shape index (κ3) is 4.07. The van der Waals surface area contributed by atoms with Gasteiger partial charge >= 0.3 is 5.97 Å². The zero-order valence-electron chi connectivity index (χ0n) is 19.2. The molecule has 0 aliphatic carbocycles. The minimum Gasteiger partial charge on any atom is -0.422 e. The Kier molecular flexibility index (Phi) is 5.13. The van der Waals surface area contributed by atoms with E-state index in [4.69, 9.17) is 4.74 Å². The fraction of sp³-hybridized carbons (Fsp3) is 0.276. The Morgan fingerprint density at radius 3 is 2.00 bits per heavy atom. The molecule has 0 aromatic heterocycles. The van der Waals surface area contributed by atoms with Gasteiger partial charge in [-0.1, -0.05) is 96.1 Å². The first kappa shape index (κ1) is 21.1. The van der Waals surface area contributed by atoms with Gasteiger partial charge in [0.2, 0.25) is 0 Å². The summed E-state index contributed by atoms with van der Waals surface area (Å²) in [5.41, 5.74) is 2.87. The van der Waals surface area contributed by atoms with Crippen LogP contribution in [-0.2, 0) is 10.8 Å². The van der Waals surface area contributed by atoms with Gasteiger partial charge in [-0.25, -0.2) is 4.79 Å². The molecule has 0 unspecified atom stereocenters. The van der Waals surface area contributed by atoms with Crippen LogP contribution in [0.4, 0.5) is 0 Å². The SMILES string of the molecule is CC(C)(C)c1ccc(C(=O)Oc2c3ccccc3cc3cccc(C(C)(C)C)c23)cc1. The Morgan fingerprint density at radius 1 is 0.710 bits per heavy atom. The second kappa shape index (κ2) is 7.53. The molecule has 0 amide bonds. The first-order valence-corrected chi connectivity index (χ1v) is 10.8. The molecule has 0 atom stereocenters. The van der Waals surface area contributed by atoms with Crippen LogP contribution in [0.2, 0.25) is 0 Å². The summed E-state index contributed by atoms with van der Waals surface area (Å²) < 4.78 is 6.15. The summed E-state index contributed by atoms with van der Waals surface area (Å²) >= 11 is 0. The van der Waals surface area contributed by atoms with Crippen LogP contribution in [0.5, 0.6) is 5.75 Å². The molecule has 4 rings (SSSR count). The van der Waals surface area contributed by atoms with E-state index in [0.29, 0.717) is 11.3 Å². The summed E-state index contributed by atoms with van der Waals surface area (Å²) in [6.45, 7) is 13.1. The number of fused-ring (bicyclic) bond motifs is 2. The van der Waals surface area contributed by atoms with Gasteiger partial charge in [-0.15, -0.1) is 0 Å². The molecule has 2 heteroatoms. The Balaban J connectivity index is 1.88. The van der Waals surface area contributed by atoms with Gasteiger partial charge in [-0.2, -0.15) is 0 Å². The van der Waals surface area contributed by atoms with Gasteiger partial charge in [0, 0.05) is 10.8 Å². The van der Waals surface area contributed by atoms with Gasteiger partial charge in [0.05, 0.1) is 5.56 Å². The molecule has 0 saturated heterocycles. The van der Waals surface area contributed by atoms with Crippen molar-refractivity contribution in [3.63, 3.8) is 0 Å². The Morgan fingerprint density at radius 2 is 1.35 bits per heavy atom. The fourth-order valence-electron chi connectivity index (χ4n) is 4.06. The first-order chi connectivity index (χ1) is 14.6. The number of rotatable bonds is 2. The van der Waals surface area contributed by atoms with Crippen molar-refractivity contribution in [3.05, 3.63) is 89.5 Å². The summed E-state index contributed by atoms with van der Waals surface area (Å²) in [6.07, 6.45) is 0. The molecule has 31 heavy (non-hydrogen) atoms. The van der Waals surface area contributed by atoms with E-state index >= 15 is 0 Å². The lowest BCUT2D eigenvalue weighted by Gasteiger charge is -2.23. The van der Waals surface area contributed by atoms with Crippen LogP contribution < -0.4 is 4.74 Å². The van der Waals surface area contributed by atoms with Crippen LogP contribution in [0.1, 0.15) is 63.0 Å². The van der Waals surface area contributed by atoms with Gasteiger partial charge in [-0.3, -0.25) is 0 Å². The molecule has 0 bridgehead atoms. The maximum absolute atomic E-state index is 13.2. The van der Waals surface area contributed by atoms with Crippen LogP contribution >= 0.6 is 0 Å². The molecular weight excluding hydrogens is 380 g/mol. The fourth-order valence-corrected chi connectivity index (χ4v) is 4.06. The number of hydrogen-bond acceptors (Lipinski definition) is 2. The minimum atomic E-state index is -0.332. The number of benzene rings is 4. The van der Waals surface area contributed by atoms with E-state index in [9.17, 15) is 4.79 Å². The highest BCUT2D eigenvalue weighted by Crippen LogP contribution is 2.41. The average molecular weight is 411 g/mol. The van der Waals surface area contributed by atoms with Crippen LogP contribution in [0.15, 0.2) is 72.8 Å². The average Bonchev–Trinajstić information content (AvgIpc) is 2.71. The zero-order valence-corrected chi connectivity index (χ0v) is 19.2. The van der Waals surface area contributed by atoms with Crippen molar-refractivity contribution < 1.29 is 9.53 Å². The van der Waals surface area contributed by atoms with Crippen molar-refractivity contribution in [2.75, 3.05) is 0 Å². The standard InChI is InChI=1S/C29H30O2/c1-28(2,3)22-16-14-19(15-17-22)27(30)31-26-23-12-8-7-10-20(23)18-21-11-9-13-24(25(21)26)29(4,5)6/h7-18H,1-6H3. The van der Waals surface area contributed by atoms with Crippen LogP contribution in [0.25, 0.3) is 21.5 Å². The molecular formula is C29H30O2. The smallest absolute Gasteiger partial charge is 0.343 e. The number of carbonyl (C=O) groups is 1. The molecule has 0 spiro atoms. The molecule has 158 valence electrons. The maximum atomic E-state index is 13.2. The summed E-state index contributed by atoms with van der Waals surface area (Å²) in [5.74, 6) is 0.311.